The standard InChI is InChI=1S/C35H29FN2O5/c1-19-14-15-43-33(19)22-9-12-25-27(16-22)24(31-28(36)6-5-7-29(31)41-3)11-10-23-18-37-34(38-32(23)25)20(2)21-8-13-26(35(39)40)30(17-21)42-4/h5-9,11-18,20H,10H2,1-4H3,(H,39,40). The number of hydrogen-bond donors (Lipinski definition) is 1. The second-order valence-electron chi connectivity index (χ2n) is 10.4. The summed E-state index contributed by atoms with van der Waals surface area (Å²) in [6.45, 7) is 3.94. The highest BCUT2D eigenvalue weighted by molar-refractivity contribution is 5.94. The summed E-state index contributed by atoms with van der Waals surface area (Å²) in [4.78, 5) is 21.4. The lowest BCUT2D eigenvalue weighted by Gasteiger charge is -2.18. The number of nitrogens with zero attached hydrogens (tertiary/aromatic N) is 2. The third-order valence-electron chi connectivity index (χ3n) is 7.91. The fourth-order valence-corrected chi connectivity index (χ4v) is 5.59. The smallest absolute Gasteiger partial charge is 0.339 e. The van der Waals surface area contributed by atoms with Gasteiger partial charge in [0.2, 0.25) is 0 Å². The van der Waals surface area contributed by atoms with Gasteiger partial charge in [-0.2, -0.15) is 0 Å². The lowest BCUT2D eigenvalue weighted by atomic mass is 9.90. The Bertz CT molecular complexity index is 1910. The second kappa shape index (κ2) is 11.2. The van der Waals surface area contributed by atoms with Crippen LogP contribution in [-0.2, 0) is 6.42 Å². The van der Waals surface area contributed by atoms with Crippen molar-refractivity contribution in [3.8, 4) is 34.1 Å². The maximum absolute atomic E-state index is 15.5. The van der Waals surface area contributed by atoms with Gasteiger partial charge >= 0.3 is 5.97 Å². The molecule has 1 N–H and O–H groups in total. The molecule has 43 heavy (non-hydrogen) atoms. The van der Waals surface area contributed by atoms with Crippen molar-refractivity contribution in [1.29, 1.82) is 0 Å². The Kier molecular flexibility index (Phi) is 7.27. The molecule has 0 amide bonds. The summed E-state index contributed by atoms with van der Waals surface area (Å²) >= 11 is 0. The number of benzene rings is 3. The predicted octanol–water partition coefficient (Wildman–Crippen LogP) is 7.71. The number of methoxy groups -OCH3 is 2. The fourth-order valence-electron chi connectivity index (χ4n) is 5.59. The number of furan rings is 1. The molecule has 0 bridgehead atoms. The number of carboxylic acids is 1. The molecule has 0 radical (unpaired) electrons. The van der Waals surface area contributed by atoms with Crippen LogP contribution in [0.25, 0.3) is 28.2 Å². The molecule has 1 unspecified atom stereocenters. The van der Waals surface area contributed by atoms with Crippen LogP contribution in [0.5, 0.6) is 11.5 Å². The molecule has 3 aromatic carbocycles. The molecular weight excluding hydrogens is 547 g/mol. The third-order valence-corrected chi connectivity index (χ3v) is 7.91. The van der Waals surface area contributed by atoms with Gasteiger partial charge in [-0.3, -0.25) is 0 Å². The first kappa shape index (κ1) is 27.9. The molecule has 0 saturated heterocycles. The van der Waals surface area contributed by atoms with Crippen LogP contribution < -0.4 is 9.47 Å². The highest BCUT2D eigenvalue weighted by atomic mass is 19.1. The summed E-state index contributed by atoms with van der Waals surface area (Å²) < 4.78 is 32.2. The van der Waals surface area contributed by atoms with Crippen LogP contribution in [0.4, 0.5) is 4.39 Å². The molecule has 8 heteroatoms. The molecule has 1 aliphatic carbocycles. The largest absolute Gasteiger partial charge is 0.496 e. The highest BCUT2D eigenvalue weighted by Gasteiger charge is 2.26. The molecule has 2 heterocycles. The van der Waals surface area contributed by atoms with E-state index in [0.29, 0.717) is 29.1 Å². The zero-order valence-electron chi connectivity index (χ0n) is 24.1. The topological polar surface area (TPSA) is 94.7 Å². The zero-order valence-corrected chi connectivity index (χ0v) is 24.1. The number of aryl methyl sites for hydroxylation is 1. The van der Waals surface area contributed by atoms with Crippen molar-refractivity contribution in [1.82, 2.24) is 9.97 Å². The van der Waals surface area contributed by atoms with Crippen LogP contribution in [0.15, 0.2) is 83.6 Å². The minimum Gasteiger partial charge on any atom is -0.496 e. The van der Waals surface area contributed by atoms with E-state index < -0.39 is 5.97 Å². The molecule has 0 spiro atoms. The van der Waals surface area contributed by atoms with Crippen LogP contribution in [0, 0.1) is 12.7 Å². The van der Waals surface area contributed by atoms with Crippen molar-refractivity contribution in [2.24, 2.45) is 0 Å². The van der Waals surface area contributed by atoms with Crippen LogP contribution in [0.1, 0.15) is 56.8 Å². The average molecular weight is 577 g/mol. The van der Waals surface area contributed by atoms with E-state index in [0.717, 1.165) is 44.8 Å². The highest BCUT2D eigenvalue weighted by Crippen LogP contribution is 2.43. The van der Waals surface area contributed by atoms with Crippen molar-refractivity contribution in [3.05, 3.63) is 124 Å². The van der Waals surface area contributed by atoms with Crippen molar-refractivity contribution in [3.63, 3.8) is 0 Å². The van der Waals surface area contributed by atoms with Crippen LogP contribution >= 0.6 is 0 Å². The van der Waals surface area contributed by atoms with Crippen LogP contribution in [0.3, 0.4) is 0 Å². The second-order valence-corrected chi connectivity index (χ2v) is 10.4. The molecule has 5 aromatic rings. The Balaban J connectivity index is 1.52. The number of rotatable bonds is 7. The van der Waals surface area contributed by atoms with Crippen molar-refractivity contribution < 1.29 is 28.2 Å². The number of fused-ring (bicyclic) bond motifs is 3. The van der Waals surface area contributed by atoms with E-state index in [4.69, 9.17) is 23.9 Å². The summed E-state index contributed by atoms with van der Waals surface area (Å²) in [6, 6.07) is 17.7. The monoisotopic (exact) mass is 576 g/mol. The number of carboxylic acid groups (broad SMARTS) is 1. The van der Waals surface area contributed by atoms with Gasteiger partial charge in [0.1, 0.15) is 34.5 Å². The summed E-state index contributed by atoms with van der Waals surface area (Å²) in [5.41, 5.74) is 7.07. The molecule has 6 rings (SSSR count). The minimum atomic E-state index is -1.06. The lowest BCUT2D eigenvalue weighted by Crippen LogP contribution is -2.07. The van der Waals surface area contributed by atoms with Gasteiger partial charge in [-0.25, -0.2) is 19.2 Å². The summed E-state index contributed by atoms with van der Waals surface area (Å²) in [7, 11) is 2.98. The SMILES string of the molecule is COc1cc(C(C)c2ncc3c(n2)-c2ccc(-c4occc4C)cc2C(c2c(F)cccc2OC)=CC3)ccc1C(=O)O. The third kappa shape index (κ3) is 4.95. The number of halogens is 1. The van der Waals surface area contributed by atoms with Crippen molar-refractivity contribution in [2.45, 2.75) is 26.2 Å². The Morgan fingerprint density at radius 2 is 1.84 bits per heavy atom. The van der Waals surface area contributed by atoms with E-state index in [1.165, 1.54) is 26.4 Å². The van der Waals surface area contributed by atoms with Gasteiger partial charge in [0.15, 0.2) is 0 Å². The minimum absolute atomic E-state index is 0.0833. The number of hydrogen-bond acceptors (Lipinski definition) is 6. The summed E-state index contributed by atoms with van der Waals surface area (Å²) in [5, 5.41) is 9.50. The number of aromatic nitrogens is 2. The lowest BCUT2D eigenvalue weighted by molar-refractivity contribution is 0.0693. The molecule has 1 atom stereocenters. The Labute approximate surface area is 248 Å². The molecule has 0 fully saturated rings. The Morgan fingerprint density at radius 1 is 1.02 bits per heavy atom. The summed E-state index contributed by atoms with van der Waals surface area (Å²) in [6.07, 6.45) is 5.93. The normalized spacial score (nSPS) is 12.9. The zero-order chi connectivity index (χ0) is 30.2. The first-order chi connectivity index (χ1) is 20.8. The van der Waals surface area contributed by atoms with Gasteiger partial charge < -0.3 is 19.0 Å². The predicted molar refractivity (Wildman–Crippen MR) is 161 cm³/mol. The van der Waals surface area contributed by atoms with Gasteiger partial charge in [-0.1, -0.05) is 37.3 Å². The average Bonchev–Trinajstić information content (AvgIpc) is 3.39. The van der Waals surface area contributed by atoms with Crippen LogP contribution in [-0.4, -0.2) is 35.3 Å². The van der Waals surface area contributed by atoms with E-state index in [1.807, 2.05) is 50.4 Å². The molecule has 216 valence electrons. The number of ether oxygens (including phenoxy) is 2. The van der Waals surface area contributed by atoms with Crippen molar-refractivity contribution >= 4 is 11.5 Å². The number of aromatic carboxylic acids is 1. The fraction of sp³-hybridized carbons (Fsp3) is 0.171. The first-order valence-electron chi connectivity index (χ1n) is 13.8. The van der Waals surface area contributed by atoms with Gasteiger partial charge in [-0.05, 0) is 72.0 Å². The molecule has 0 saturated carbocycles. The van der Waals surface area contributed by atoms with E-state index in [-0.39, 0.29) is 23.0 Å². The summed E-state index contributed by atoms with van der Waals surface area (Å²) in [5.74, 6) is 0.287. The molecule has 2 aromatic heterocycles. The van der Waals surface area contributed by atoms with Crippen LogP contribution in [0.2, 0.25) is 0 Å². The van der Waals surface area contributed by atoms with Gasteiger partial charge in [0.25, 0.3) is 0 Å². The van der Waals surface area contributed by atoms with Crippen molar-refractivity contribution in [2.75, 3.05) is 14.2 Å². The Hall–Kier alpha value is -5.24. The van der Waals surface area contributed by atoms with E-state index in [1.54, 1.807) is 30.5 Å². The molecule has 1 aliphatic rings. The molecular formula is C35H29FN2O5. The molecule has 0 aliphatic heterocycles. The number of carbonyl (C=O) groups is 1. The Morgan fingerprint density at radius 3 is 2.56 bits per heavy atom. The maximum atomic E-state index is 15.5. The van der Waals surface area contributed by atoms with Gasteiger partial charge in [-0.15, -0.1) is 0 Å². The quantitative estimate of drug-likeness (QED) is 0.212. The first-order valence-corrected chi connectivity index (χ1v) is 13.8. The van der Waals surface area contributed by atoms with E-state index in [2.05, 4.69) is 0 Å². The number of allylic oxidation sites excluding steroid dienone is 1. The van der Waals surface area contributed by atoms with E-state index >= 15 is 4.39 Å². The van der Waals surface area contributed by atoms with E-state index in [9.17, 15) is 9.90 Å². The maximum Gasteiger partial charge on any atom is 0.339 e. The molecule has 7 nitrogen and oxygen atoms in total. The van der Waals surface area contributed by atoms with Gasteiger partial charge in [0, 0.05) is 28.8 Å². The van der Waals surface area contributed by atoms with Gasteiger partial charge in [0.05, 0.1) is 31.7 Å².